The zero-order valence-corrected chi connectivity index (χ0v) is 19.7. The van der Waals surface area contributed by atoms with Gasteiger partial charge in [0.05, 0.1) is 6.10 Å². The van der Waals surface area contributed by atoms with Crippen molar-refractivity contribution < 1.29 is 9.53 Å². The molecule has 168 valence electrons. The van der Waals surface area contributed by atoms with Crippen LogP contribution in [0.25, 0.3) is 0 Å². The van der Waals surface area contributed by atoms with Gasteiger partial charge in [-0.3, -0.25) is 9.79 Å². The van der Waals surface area contributed by atoms with Crippen molar-refractivity contribution in [1.82, 2.24) is 15.5 Å². The summed E-state index contributed by atoms with van der Waals surface area (Å²) in [6.45, 7) is 7.61. The van der Waals surface area contributed by atoms with E-state index in [1.807, 2.05) is 24.3 Å². The van der Waals surface area contributed by atoms with E-state index in [1.54, 1.807) is 26.0 Å². The zero-order chi connectivity index (χ0) is 22.8. The third-order valence-corrected chi connectivity index (χ3v) is 5.08. The highest BCUT2D eigenvalue weighted by atomic mass is 16.5. The van der Waals surface area contributed by atoms with Crippen LogP contribution in [0.15, 0.2) is 47.5 Å². The molecule has 2 N–H and O–H groups in total. The van der Waals surface area contributed by atoms with E-state index in [0.717, 1.165) is 35.7 Å². The Morgan fingerprint density at radius 2 is 1.94 bits per heavy atom. The molecule has 0 aliphatic rings. The van der Waals surface area contributed by atoms with Gasteiger partial charge < -0.3 is 20.3 Å². The van der Waals surface area contributed by atoms with Crippen LogP contribution in [0.3, 0.4) is 0 Å². The first-order chi connectivity index (χ1) is 14.8. The van der Waals surface area contributed by atoms with Crippen molar-refractivity contribution in [1.29, 1.82) is 0 Å². The molecular formula is C25H36N4O2. The van der Waals surface area contributed by atoms with Crippen molar-refractivity contribution in [3.05, 3.63) is 64.7 Å². The van der Waals surface area contributed by atoms with Gasteiger partial charge >= 0.3 is 0 Å². The van der Waals surface area contributed by atoms with Crippen LogP contribution >= 0.6 is 0 Å². The van der Waals surface area contributed by atoms with E-state index in [1.165, 1.54) is 5.56 Å². The van der Waals surface area contributed by atoms with Crippen LogP contribution in [0.1, 0.15) is 47.3 Å². The molecule has 0 saturated heterocycles. The number of hydrogen-bond acceptors (Lipinski definition) is 3. The highest BCUT2D eigenvalue weighted by Crippen LogP contribution is 2.22. The lowest BCUT2D eigenvalue weighted by Crippen LogP contribution is -2.38. The standard InChI is InChI=1S/C25H36N4O2/c1-7-19(3)31-23-15-18(2)11-12-22(23)17-28-25(26-4)27-14-13-20-9-8-10-21(16-20)24(30)29(5)6/h8-12,15-16,19H,7,13-14,17H2,1-6H3,(H2,26,27,28). The number of hydrogen-bond donors (Lipinski definition) is 2. The van der Waals surface area contributed by atoms with E-state index >= 15 is 0 Å². The van der Waals surface area contributed by atoms with E-state index in [9.17, 15) is 4.79 Å². The predicted molar refractivity (Wildman–Crippen MR) is 128 cm³/mol. The van der Waals surface area contributed by atoms with Gasteiger partial charge in [0, 0.05) is 45.4 Å². The molecule has 0 bridgehead atoms. The first kappa shape index (κ1) is 24.3. The smallest absolute Gasteiger partial charge is 0.253 e. The number of rotatable bonds is 9. The van der Waals surface area contributed by atoms with Crippen LogP contribution in [0.5, 0.6) is 5.75 Å². The predicted octanol–water partition coefficient (Wildman–Crippen LogP) is 3.78. The fourth-order valence-electron chi connectivity index (χ4n) is 3.06. The van der Waals surface area contributed by atoms with E-state index in [2.05, 4.69) is 54.6 Å². The topological polar surface area (TPSA) is 66.0 Å². The minimum atomic E-state index is 0.0146. The molecule has 2 aromatic rings. The molecule has 1 unspecified atom stereocenters. The van der Waals surface area contributed by atoms with E-state index in [0.29, 0.717) is 18.7 Å². The van der Waals surface area contributed by atoms with Crippen LogP contribution in [0, 0.1) is 6.92 Å². The molecule has 0 fully saturated rings. The number of benzene rings is 2. The van der Waals surface area contributed by atoms with Crippen LogP contribution in [0.4, 0.5) is 0 Å². The normalized spacial score (nSPS) is 12.3. The summed E-state index contributed by atoms with van der Waals surface area (Å²) >= 11 is 0. The third-order valence-electron chi connectivity index (χ3n) is 5.08. The number of aliphatic imine (C=N–C) groups is 1. The summed E-state index contributed by atoms with van der Waals surface area (Å²) in [6, 6.07) is 14.0. The number of guanidine groups is 1. The Morgan fingerprint density at radius 3 is 2.61 bits per heavy atom. The lowest BCUT2D eigenvalue weighted by molar-refractivity contribution is 0.0827. The number of aryl methyl sites for hydroxylation is 1. The molecule has 0 radical (unpaired) electrons. The average Bonchev–Trinajstić information content (AvgIpc) is 2.76. The number of nitrogens with zero attached hydrogens (tertiary/aromatic N) is 2. The summed E-state index contributed by atoms with van der Waals surface area (Å²) < 4.78 is 6.10. The molecule has 6 heteroatoms. The number of ether oxygens (including phenoxy) is 1. The highest BCUT2D eigenvalue weighted by Gasteiger charge is 2.10. The largest absolute Gasteiger partial charge is 0.490 e. The number of carbonyl (C=O) groups is 1. The first-order valence-corrected chi connectivity index (χ1v) is 10.8. The van der Waals surface area contributed by atoms with Crippen molar-refractivity contribution in [2.24, 2.45) is 4.99 Å². The molecular weight excluding hydrogens is 388 g/mol. The minimum absolute atomic E-state index is 0.0146. The van der Waals surface area contributed by atoms with Crippen molar-refractivity contribution in [3.63, 3.8) is 0 Å². The van der Waals surface area contributed by atoms with E-state index in [-0.39, 0.29) is 12.0 Å². The maximum Gasteiger partial charge on any atom is 0.253 e. The Labute approximate surface area is 186 Å². The fraction of sp³-hybridized carbons (Fsp3) is 0.440. The van der Waals surface area contributed by atoms with Gasteiger partial charge in [-0.15, -0.1) is 0 Å². The summed E-state index contributed by atoms with van der Waals surface area (Å²) in [4.78, 5) is 18.1. The van der Waals surface area contributed by atoms with Crippen molar-refractivity contribution in [2.75, 3.05) is 27.7 Å². The summed E-state index contributed by atoms with van der Waals surface area (Å²) in [5.74, 6) is 1.66. The van der Waals surface area contributed by atoms with Gasteiger partial charge in [0.15, 0.2) is 5.96 Å². The molecule has 0 saturated carbocycles. The van der Waals surface area contributed by atoms with Crippen LogP contribution < -0.4 is 15.4 Å². The maximum atomic E-state index is 12.2. The van der Waals surface area contributed by atoms with Gasteiger partial charge in [-0.05, 0) is 56.0 Å². The number of carbonyl (C=O) groups excluding carboxylic acids is 1. The quantitative estimate of drug-likeness (QED) is 0.475. The second-order valence-corrected chi connectivity index (χ2v) is 7.95. The molecule has 1 atom stereocenters. The summed E-state index contributed by atoms with van der Waals surface area (Å²) in [7, 11) is 5.29. The van der Waals surface area contributed by atoms with Crippen molar-refractivity contribution >= 4 is 11.9 Å². The monoisotopic (exact) mass is 424 g/mol. The van der Waals surface area contributed by atoms with Gasteiger partial charge in [0.2, 0.25) is 0 Å². The SMILES string of the molecule is CCC(C)Oc1cc(C)ccc1CNC(=NC)NCCc1cccc(C(=O)N(C)C)c1. The van der Waals surface area contributed by atoms with Gasteiger partial charge in [-0.2, -0.15) is 0 Å². The van der Waals surface area contributed by atoms with E-state index in [4.69, 9.17) is 4.74 Å². The van der Waals surface area contributed by atoms with Gasteiger partial charge in [0.1, 0.15) is 5.75 Å². The Kier molecular flexibility index (Phi) is 9.38. The second kappa shape index (κ2) is 12.0. The van der Waals surface area contributed by atoms with Gasteiger partial charge in [0.25, 0.3) is 5.91 Å². The second-order valence-electron chi connectivity index (χ2n) is 7.95. The number of nitrogens with one attached hydrogen (secondary N) is 2. The summed E-state index contributed by atoms with van der Waals surface area (Å²) in [5, 5.41) is 6.71. The van der Waals surface area contributed by atoms with Gasteiger partial charge in [-0.1, -0.05) is 31.2 Å². The molecule has 31 heavy (non-hydrogen) atoms. The molecule has 0 spiro atoms. The Morgan fingerprint density at radius 1 is 1.16 bits per heavy atom. The molecule has 6 nitrogen and oxygen atoms in total. The molecule has 1 amide bonds. The Balaban J connectivity index is 1.92. The van der Waals surface area contributed by atoms with E-state index < -0.39 is 0 Å². The highest BCUT2D eigenvalue weighted by molar-refractivity contribution is 5.94. The lowest BCUT2D eigenvalue weighted by Gasteiger charge is -2.18. The molecule has 0 heterocycles. The summed E-state index contributed by atoms with van der Waals surface area (Å²) in [5.41, 5.74) is 4.10. The maximum absolute atomic E-state index is 12.2. The molecule has 0 aliphatic heterocycles. The fourth-order valence-corrected chi connectivity index (χ4v) is 3.06. The van der Waals surface area contributed by atoms with Crippen LogP contribution in [-0.2, 0) is 13.0 Å². The minimum Gasteiger partial charge on any atom is -0.490 e. The Bertz CT molecular complexity index is 893. The van der Waals surface area contributed by atoms with Crippen molar-refractivity contribution in [2.45, 2.75) is 46.3 Å². The third kappa shape index (κ3) is 7.63. The average molecular weight is 425 g/mol. The zero-order valence-electron chi connectivity index (χ0n) is 19.7. The Hall–Kier alpha value is -3.02. The number of amides is 1. The molecule has 0 aromatic heterocycles. The lowest BCUT2D eigenvalue weighted by atomic mass is 10.1. The van der Waals surface area contributed by atoms with Crippen LogP contribution in [-0.4, -0.2) is 50.6 Å². The van der Waals surface area contributed by atoms with Crippen molar-refractivity contribution in [3.8, 4) is 5.75 Å². The first-order valence-electron chi connectivity index (χ1n) is 10.8. The molecule has 0 aliphatic carbocycles. The summed E-state index contributed by atoms with van der Waals surface area (Å²) in [6.07, 6.45) is 1.93. The van der Waals surface area contributed by atoms with Gasteiger partial charge in [-0.25, -0.2) is 0 Å². The molecule has 2 rings (SSSR count). The van der Waals surface area contributed by atoms with Crippen LogP contribution in [0.2, 0.25) is 0 Å². The molecule has 2 aromatic carbocycles.